The summed E-state index contributed by atoms with van der Waals surface area (Å²) in [5, 5.41) is 8.66. The number of nitrogens with one attached hydrogen (secondary N) is 3. The maximum Gasteiger partial charge on any atom is 0.257 e. The van der Waals surface area contributed by atoms with Gasteiger partial charge in [0.05, 0.1) is 6.61 Å². The predicted octanol–water partition coefficient (Wildman–Crippen LogP) is 3.89. The number of anilines is 2. The molecule has 0 radical (unpaired) electrons. The van der Waals surface area contributed by atoms with Gasteiger partial charge in [-0.2, -0.15) is 0 Å². The molecule has 0 spiro atoms. The van der Waals surface area contributed by atoms with Crippen LogP contribution in [0.25, 0.3) is 0 Å². The van der Waals surface area contributed by atoms with Crippen LogP contribution < -0.4 is 20.7 Å². The van der Waals surface area contributed by atoms with Gasteiger partial charge < -0.3 is 20.1 Å². The zero-order valence-corrected chi connectivity index (χ0v) is 18.2. The molecule has 0 aliphatic heterocycles. The number of thiocarbonyl (C=S) groups is 1. The highest BCUT2D eigenvalue weighted by Gasteiger charge is 2.11. The average molecular weight is 430 g/mol. The molecule has 2 rings (SSSR count). The summed E-state index contributed by atoms with van der Waals surface area (Å²) in [6.07, 6.45) is 0.391. The van der Waals surface area contributed by atoms with Crippen molar-refractivity contribution in [1.29, 1.82) is 0 Å². The Morgan fingerprint density at radius 1 is 0.967 bits per heavy atom. The second-order valence-electron chi connectivity index (χ2n) is 6.36. The minimum Gasteiger partial charge on any atom is -0.491 e. The molecule has 30 heavy (non-hydrogen) atoms. The average Bonchev–Trinajstić information content (AvgIpc) is 2.74. The molecule has 0 saturated heterocycles. The van der Waals surface area contributed by atoms with Crippen molar-refractivity contribution in [3.8, 4) is 5.75 Å². The first-order chi connectivity index (χ1) is 14.4. The lowest BCUT2D eigenvalue weighted by Crippen LogP contribution is -2.34. The van der Waals surface area contributed by atoms with Gasteiger partial charge in [0.25, 0.3) is 5.91 Å². The summed E-state index contributed by atoms with van der Waals surface area (Å²) < 4.78 is 10.8. The van der Waals surface area contributed by atoms with E-state index >= 15 is 0 Å². The van der Waals surface area contributed by atoms with E-state index in [4.69, 9.17) is 21.7 Å². The van der Waals surface area contributed by atoms with E-state index in [0.717, 1.165) is 5.56 Å². The SMILES string of the molecule is CCOCCOc1ccc(C(=O)NC(=S)Nc2cccc(NC(=O)CC)c2C)cc1. The Morgan fingerprint density at radius 2 is 1.63 bits per heavy atom. The van der Waals surface area contributed by atoms with Gasteiger partial charge in [-0.1, -0.05) is 13.0 Å². The van der Waals surface area contributed by atoms with Crippen molar-refractivity contribution in [3.05, 3.63) is 53.6 Å². The fraction of sp³-hybridized carbons (Fsp3) is 0.318. The van der Waals surface area contributed by atoms with Crippen LogP contribution >= 0.6 is 12.2 Å². The molecular weight excluding hydrogens is 402 g/mol. The Kier molecular flexibility index (Phi) is 9.24. The van der Waals surface area contributed by atoms with Crippen molar-refractivity contribution in [3.63, 3.8) is 0 Å². The van der Waals surface area contributed by atoms with Gasteiger partial charge in [0.15, 0.2) is 5.11 Å². The summed E-state index contributed by atoms with van der Waals surface area (Å²) in [5.74, 6) is 0.256. The lowest BCUT2D eigenvalue weighted by molar-refractivity contribution is -0.115. The Bertz CT molecular complexity index is 884. The monoisotopic (exact) mass is 429 g/mol. The van der Waals surface area contributed by atoms with E-state index in [9.17, 15) is 9.59 Å². The van der Waals surface area contributed by atoms with Gasteiger partial charge in [-0.25, -0.2) is 0 Å². The van der Waals surface area contributed by atoms with Crippen molar-refractivity contribution in [2.75, 3.05) is 30.5 Å². The smallest absolute Gasteiger partial charge is 0.257 e. The molecule has 2 amide bonds. The number of benzene rings is 2. The third-order valence-corrected chi connectivity index (χ3v) is 4.43. The molecule has 0 aliphatic carbocycles. The van der Waals surface area contributed by atoms with Crippen LogP contribution in [-0.4, -0.2) is 36.7 Å². The second kappa shape index (κ2) is 11.9. The van der Waals surface area contributed by atoms with Crippen LogP contribution in [-0.2, 0) is 9.53 Å². The molecule has 0 aliphatic rings. The quantitative estimate of drug-likeness (QED) is 0.414. The number of hydrogen-bond acceptors (Lipinski definition) is 5. The van der Waals surface area contributed by atoms with Gasteiger partial charge in [-0.05, 0) is 68.0 Å². The lowest BCUT2D eigenvalue weighted by Gasteiger charge is -2.15. The number of carbonyl (C=O) groups is 2. The third-order valence-electron chi connectivity index (χ3n) is 4.22. The highest BCUT2D eigenvalue weighted by atomic mass is 32.1. The third kappa shape index (κ3) is 7.13. The van der Waals surface area contributed by atoms with E-state index in [1.807, 2.05) is 26.0 Å². The van der Waals surface area contributed by atoms with E-state index in [0.29, 0.717) is 48.9 Å². The van der Waals surface area contributed by atoms with E-state index in [1.54, 1.807) is 37.3 Å². The molecular formula is C22H27N3O4S. The molecule has 2 aromatic carbocycles. The molecule has 8 heteroatoms. The molecule has 0 bridgehead atoms. The van der Waals surface area contributed by atoms with Gasteiger partial charge in [-0.15, -0.1) is 0 Å². The molecule has 7 nitrogen and oxygen atoms in total. The fourth-order valence-corrected chi connectivity index (χ4v) is 2.74. The van der Waals surface area contributed by atoms with E-state index in [2.05, 4.69) is 16.0 Å². The van der Waals surface area contributed by atoms with E-state index in [-0.39, 0.29) is 16.9 Å². The highest BCUT2D eigenvalue weighted by molar-refractivity contribution is 7.80. The van der Waals surface area contributed by atoms with Gasteiger partial charge in [-0.3, -0.25) is 14.9 Å². The molecule has 0 heterocycles. The standard InChI is InChI=1S/C22H27N3O4S/c1-4-20(26)23-18-7-6-8-19(15(18)3)24-22(30)25-21(27)16-9-11-17(12-10-16)29-14-13-28-5-2/h6-12H,4-5,13-14H2,1-3H3,(H,23,26)(H2,24,25,27,30). The van der Waals surface area contributed by atoms with Crippen molar-refractivity contribution < 1.29 is 19.1 Å². The van der Waals surface area contributed by atoms with Crippen molar-refractivity contribution in [1.82, 2.24) is 5.32 Å². The van der Waals surface area contributed by atoms with Gasteiger partial charge in [0, 0.05) is 30.0 Å². The van der Waals surface area contributed by atoms with Gasteiger partial charge >= 0.3 is 0 Å². The van der Waals surface area contributed by atoms with Crippen LogP contribution in [0.1, 0.15) is 36.2 Å². The maximum absolute atomic E-state index is 12.4. The molecule has 0 saturated carbocycles. The van der Waals surface area contributed by atoms with Crippen LogP contribution in [0.3, 0.4) is 0 Å². The molecule has 0 unspecified atom stereocenters. The number of amides is 2. The van der Waals surface area contributed by atoms with E-state index < -0.39 is 0 Å². The summed E-state index contributed by atoms with van der Waals surface area (Å²) in [7, 11) is 0. The highest BCUT2D eigenvalue weighted by Crippen LogP contribution is 2.23. The van der Waals surface area contributed by atoms with Crippen LogP contribution in [0, 0.1) is 6.92 Å². The van der Waals surface area contributed by atoms with E-state index in [1.165, 1.54) is 0 Å². The minimum atomic E-state index is -0.332. The predicted molar refractivity (Wildman–Crippen MR) is 122 cm³/mol. The largest absolute Gasteiger partial charge is 0.491 e. The minimum absolute atomic E-state index is 0.0727. The zero-order chi connectivity index (χ0) is 21.9. The Morgan fingerprint density at radius 3 is 2.27 bits per heavy atom. The molecule has 0 fully saturated rings. The number of ether oxygens (including phenoxy) is 2. The summed E-state index contributed by atoms with van der Waals surface area (Å²) in [6, 6.07) is 12.2. The molecule has 160 valence electrons. The summed E-state index contributed by atoms with van der Waals surface area (Å²) in [6.45, 7) is 7.19. The molecule has 3 N–H and O–H groups in total. The lowest BCUT2D eigenvalue weighted by atomic mass is 10.1. The summed E-state index contributed by atoms with van der Waals surface area (Å²) in [5.41, 5.74) is 2.68. The van der Waals surface area contributed by atoms with Crippen LogP contribution in [0.2, 0.25) is 0 Å². The topological polar surface area (TPSA) is 88.7 Å². The van der Waals surface area contributed by atoms with Crippen molar-refractivity contribution in [2.45, 2.75) is 27.2 Å². The summed E-state index contributed by atoms with van der Waals surface area (Å²) in [4.78, 5) is 24.1. The summed E-state index contributed by atoms with van der Waals surface area (Å²) >= 11 is 5.26. The molecule has 0 aromatic heterocycles. The first kappa shape index (κ1) is 23.3. The first-order valence-corrected chi connectivity index (χ1v) is 10.2. The molecule has 0 atom stereocenters. The van der Waals surface area contributed by atoms with Crippen molar-refractivity contribution >= 4 is 40.5 Å². The van der Waals surface area contributed by atoms with Crippen LogP contribution in [0.5, 0.6) is 5.75 Å². The van der Waals surface area contributed by atoms with Gasteiger partial charge in [0.2, 0.25) is 5.91 Å². The Labute approximate surface area is 182 Å². The van der Waals surface area contributed by atoms with Crippen LogP contribution in [0.15, 0.2) is 42.5 Å². The second-order valence-corrected chi connectivity index (χ2v) is 6.77. The van der Waals surface area contributed by atoms with Gasteiger partial charge in [0.1, 0.15) is 12.4 Å². The maximum atomic E-state index is 12.4. The van der Waals surface area contributed by atoms with Crippen molar-refractivity contribution in [2.24, 2.45) is 0 Å². The normalized spacial score (nSPS) is 10.2. The number of carbonyl (C=O) groups excluding carboxylic acids is 2. The number of rotatable bonds is 9. The molecule has 2 aromatic rings. The zero-order valence-electron chi connectivity index (χ0n) is 17.4. The van der Waals surface area contributed by atoms with Crippen LogP contribution in [0.4, 0.5) is 11.4 Å². The fourth-order valence-electron chi connectivity index (χ4n) is 2.54. The Balaban J connectivity index is 1.92. The first-order valence-electron chi connectivity index (χ1n) is 9.77. The Hall–Kier alpha value is -2.97. The number of hydrogen-bond donors (Lipinski definition) is 3.